The Labute approximate surface area is 187 Å². The highest BCUT2D eigenvalue weighted by Crippen LogP contribution is 2.34. The van der Waals surface area contributed by atoms with Crippen LogP contribution in [0.1, 0.15) is 23.6 Å². The fourth-order valence-electron chi connectivity index (χ4n) is 4.07. The third kappa shape index (κ3) is 3.64. The van der Waals surface area contributed by atoms with Gasteiger partial charge in [0, 0.05) is 27.4 Å². The lowest BCUT2D eigenvalue weighted by Gasteiger charge is -2.14. The standard InChI is InChI=1S/C25H20BrN3O2/c1-31-18-10-7-15(8-11-18)21-14-22(29-28-21)24-23(16-5-3-2-4-6-16)19-13-17(26)9-12-20(19)27-25(24)30/h2-13,21,28H,14H2,1H3,(H,27,30)/t21-/m0/s1. The number of benzene rings is 3. The van der Waals surface area contributed by atoms with Crippen molar-refractivity contribution in [3.8, 4) is 16.9 Å². The van der Waals surface area contributed by atoms with Gasteiger partial charge < -0.3 is 15.1 Å². The van der Waals surface area contributed by atoms with Crippen LogP contribution in [-0.4, -0.2) is 17.8 Å². The van der Waals surface area contributed by atoms with Gasteiger partial charge in [-0.15, -0.1) is 0 Å². The number of ether oxygens (including phenoxy) is 1. The molecule has 0 saturated heterocycles. The minimum Gasteiger partial charge on any atom is -0.497 e. The van der Waals surface area contributed by atoms with E-state index in [0.29, 0.717) is 12.0 Å². The minimum absolute atomic E-state index is 0.00198. The first-order valence-electron chi connectivity index (χ1n) is 10.0. The molecule has 0 fully saturated rings. The summed E-state index contributed by atoms with van der Waals surface area (Å²) in [5.41, 5.74) is 8.22. The Balaban J connectivity index is 1.63. The van der Waals surface area contributed by atoms with Gasteiger partial charge >= 0.3 is 0 Å². The fourth-order valence-corrected chi connectivity index (χ4v) is 4.43. The van der Waals surface area contributed by atoms with Gasteiger partial charge in [0.25, 0.3) is 5.56 Å². The molecule has 154 valence electrons. The maximum Gasteiger partial charge on any atom is 0.258 e. The molecule has 5 rings (SSSR count). The number of hydrogen-bond acceptors (Lipinski definition) is 4. The second kappa shape index (κ2) is 8.04. The number of pyridine rings is 1. The second-order valence-electron chi connectivity index (χ2n) is 7.48. The van der Waals surface area contributed by atoms with Crippen LogP contribution >= 0.6 is 15.9 Å². The van der Waals surface area contributed by atoms with Gasteiger partial charge in [-0.25, -0.2) is 0 Å². The molecule has 0 radical (unpaired) electrons. The van der Waals surface area contributed by atoms with Gasteiger partial charge in [-0.1, -0.05) is 58.4 Å². The molecule has 2 heterocycles. The number of methoxy groups -OCH3 is 1. The Morgan fingerprint density at radius 1 is 1.00 bits per heavy atom. The van der Waals surface area contributed by atoms with E-state index in [0.717, 1.165) is 43.5 Å². The van der Waals surface area contributed by atoms with Crippen LogP contribution in [0.15, 0.2) is 87.2 Å². The second-order valence-corrected chi connectivity index (χ2v) is 8.39. The zero-order valence-electron chi connectivity index (χ0n) is 16.9. The van der Waals surface area contributed by atoms with Gasteiger partial charge in [0.05, 0.1) is 24.4 Å². The Morgan fingerprint density at radius 2 is 1.77 bits per heavy atom. The smallest absolute Gasteiger partial charge is 0.258 e. The van der Waals surface area contributed by atoms with Gasteiger partial charge in [-0.2, -0.15) is 5.10 Å². The van der Waals surface area contributed by atoms with E-state index < -0.39 is 0 Å². The number of halogens is 1. The highest BCUT2D eigenvalue weighted by molar-refractivity contribution is 9.10. The fraction of sp³-hybridized carbons (Fsp3) is 0.120. The zero-order chi connectivity index (χ0) is 21.4. The molecule has 1 aliphatic heterocycles. The average Bonchev–Trinajstić information content (AvgIpc) is 3.29. The Hall–Kier alpha value is -3.38. The van der Waals surface area contributed by atoms with Gasteiger partial charge in [0.1, 0.15) is 5.75 Å². The molecule has 5 nitrogen and oxygen atoms in total. The topological polar surface area (TPSA) is 66.5 Å². The molecule has 0 unspecified atom stereocenters. The molecule has 6 heteroatoms. The molecule has 2 N–H and O–H groups in total. The quantitative estimate of drug-likeness (QED) is 0.416. The van der Waals surface area contributed by atoms with E-state index in [4.69, 9.17) is 4.74 Å². The maximum atomic E-state index is 13.2. The molecule has 0 spiro atoms. The van der Waals surface area contributed by atoms with Gasteiger partial charge in [0.2, 0.25) is 0 Å². The molecule has 31 heavy (non-hydrogen) atoms. The van der Waals surface area contributed by atoms with E-state index in [1.165, 1.54) is 0 Å². The van der Waals surface area contributed by atoms with E-state index in [1.54, 1.807) is 7.11 Å². The summed E-state index contributed by atoms with van der Waals surface area (Å²) >= 11 is 3.57. The number of nitrogens with zero attached hydrogens (tertiary/aromatic N) is 1. The molecule has 0 amide bonds. The number of H-pyrrole nitrogens is 1. The lowest BCUT2D eigenvalue weighted by molar-refractivity contribution is 0.414. The molecule has 1 atom stereocenters. The van der Waals surface area contributed by atoms with Crippen LogP contribution in [-0.2, 0) is 0 Å². The van der Waals surface area contributed by atoms with Crippen molar-refractivity contribution >= 4 is 32.5 Å². The van der Waals surface area contributed by atoms with Crippen LogP contribution in [0.2, 0.25) is 0 Å². The molecule has 3 aromatic carbocycles. The summed E-state index contributed by atoms with van der Waals surface area (Å²) in [6.45, 7) is 0. The van der Waals surface area contributed by atoms with Crippen LogP contribution in [0.4, 0.5) is 0 Å². The van der Waals surface area contributed by atoms with Crippen LogP contribution in [0.5, 0.6) is 5.75 Å². The lowest BCUT2D eigenvalue weighted by atomic mass is 9.91. The Kier molecular flexibility index (Phi) is 5.08. The van der Waals surface area contributed by atoms with E-state index in [9.17, 15) is 4.79 Å². The molecule has 4 aromatic rings. The number of rotatable bonds is 4. The summed E-state index contributed by atoms with van der Waals surface area (Å²) in [5.74, 6) is 0.811. The van der Waals surface area contributed by atoms with Crippen LogP contribution < -0.4 is 15.7 Å². The lowest BCUT2D eigenvalue weighted by Crippen LogP contribution is -2.20. The third-order valence-electron chi connectivity index (χ3n) is 5.60. The molecule has 0 saturated carbocycles. The zero-order valence-corrected chi connectivity index (χ0v) is 18.4. The molecule has 0 bridgehead atoms. The van der Waals surface area contributed by atoms with Crippen molar-refractivity contribution in [2.45, 2.75) is 12.5 Å². The van der Waals surface area contributed by atoms with Crippen LogP contribution in [0, 0.1) is 0 Å². The maximum absolute atomic E-state index is 13.2. The van der Waals surface area contributed by atoms with Crippen molar-refractivity contribution < 1.29 is 4.74 Å². The number of nitrogens with one attached hydrogen (secondary N) is 2. The molecular weight excluding hydrogens is 454 g/mol. The summed E-state index contributed by atoms with van der Waals surface area (Å²) in [7, 11) is 1.65. The molecular formula is C25H20BrN3O2. The summed E-state index contributed by atoms with van der Waals surface area (Å²) in [6.07, 6.45) is 0.620. The van der Waals surface area contributed by atoms with Crippen LogP contribution in [0.3, 0.4) is 0 Å². The number of hydrogen-bond donors (Lipinski definition) is 2. The first-order valence-corrected chi connectivity index (χ1v) is 10.8. The number of fused-ring (bicyclic) bond motifs is 1. The Bertz CT molecular complexity index is 1350. The first kappa shape index (κ1) is 19.6. The monoisotopic (exact) mass is 473 g/mol. The van der Waals surface area contributed by atoms with Gasteiger partial charge in [-0.3, -0.25) is 4.79 Å². The van der Waals surface area contributed by atoms with Gasteiger partial charge in [0.15, 0.2) is 0 Å². The predicted octanol–water partition coefficient (Wildman–Crippen LogP) is 5.40. The SMILES string of the molecule is COc1ccc([C@@H]2CC(c3c(-c4ccccc4)c4cc(Br)ccc4[nH]c3=O)=NN2)cc1. The highest BCUT2D eigenvalue weighted by Gasteiger charge is 2.27. The van der Waals surface area contributed by atoms with Crippen molar-refractivity contribution in [3.05, 3.63) is 98.7 Å². The molecule has 0 aliphatic carbocycles. The molecule has 1 aliphatic rings. The summed E-state index contributed by atoms with van der Waals surface area (Å²) < 4.78 is 6.21. The number of aromatic amines is 1. The van der Waals surface area contributed by atoms with Crippen LogP contribution in [0.25, 0.3) is 22.0 Å². The third-order valence-corrected chi connectivity index (χ3v) is 6.09. The number of aromatic nitrogens is 1. The summed E-state index contributed by atoms with van der Waals surface area (Å²) in [6, 6.07) is 23.8. The molecule has 1 aromatic heterocycles. The van der Waals surface area contributed by atoms with Crippen molar-refractivity contribution in [2.24, 2.45) is 5.10 Å². The average molecular weight is 474 g/mol. The van der Waals surface area contributed by atoms with E-state index in [2.05, 4.69) is 31.4 Å². The van der Waals surface area contributed by atoms with E-state index in [-0.39, 0.29) is 11.6 Å². The van der Waals surface area contributed by atoms with Crippen molar-refractivity contribution in [1.82, 2.24) is 10.4 Å². The minimum atomic E-state index is -0.135. The van der Waals surface area contributed by atoms with E-state index in [1.807, 2.05) is 72.8 Å². The summed E-state index contributed by atoms with van der Waals surface area (Å²) in [5, 5.41) is 5.56. The van der Waals surface area contributed by atoms with Crippen molar-refractivity contribution in [3.63, 3.8) is 0 Å². The number of hydrazone groups is 1. The normalized spacial score (nSPS) is 15.5. The largest absolute Gasteiger partial charge is 0.497 e. The van der Waals surface area contributed by atoms with Gasteiger partial charge in [-0.05, 0) is 41.5 Å². The first-order chi connectivity index (χ1) is 15.1. The highest BCUT2D eigenvalue weighted by atomic mass is 79.9. The van der Waals surface area contributed by atoms with Crippen molar-refractivity contribution in [2.75, 3.05) is 7.11 Å². The summed E-state index contributed by atoms with van der Waals surface area (Å²) in [4.78, 5) is 16.3. The predicted molar refractivity (Wildman–Crippen MR) is 128 cm³/mol. The Morgan fingerprint density at radius 3 is 2.52 bits per heavy atom. The van der Waals surface area contributed by atoms with E-state index >= 15 is 0 Å². The van der Waals surface area contributed by atoms with Crippen molar-refractivity contribution in [1.29, 1.82) is 0 Å².